The average molecular weight is 272 g/mol. The van der Waals surface area contributed by atoms with Crippen molar-refractivity contribution in [1.82, 2.24) is 10.6 Å². The highest BCUT2D eigenvalue weighted by molar-refractivity contribution is 5.27. The van der Waals surface area contributed by atoms with Crippen LogP contribution in [0.1, 0.15) is 18.4 Å². The molecule has 0 amide bonds. The van der Waals surface area contributed by atoms with Crippen molar-refractivity contribution in [3.05, 3.63) is 35.9 Å². The van der Waals surface area contributed by atoms with Crippen molar-refractivity contribution in [2.45, 2.75) is 24.4 Å². The van der Waals surface area contributed by atoms with Crippen LogP contribution in [0.4, 0.5) is 13.2 Å². The van der Waals surface area contributed by atoms with Crippen LogP contribution in [0.2, 0.25) is 0 Å². The van der Waals surface area contributed by atoms with E-state index in [1.54, 1.807) is 0 Å². The third kappa shape index (κ3) is 3.94. The van der Waals surface area contributed by atoms with Gasteiger partial charge in [-0.05, 0) is 31.5 Å². The molecule has 0 aliphatic carbocycles. The lowest BCUT2D eigenvalue weighted by Gasteiger charge is -2.38. The fourth-order valence-corrected chi connectivity index (χ4v) is 2.71. The van der Waals surface area contributed by atoms with E-state index in [0.29, 0.717) is 6.54 Å². The van der Waals surface area contributed by atoms with Crippen molar-refractivity contribution in [2.24, 2.45) is 0 Å². The maximum atomic E-state index is 12.3. The number of halogens is 3. The van der Waals surface area contributed by atoms with Crippen molar-refractivity contribution in [1.29, 1.82) is 0 Å². The zero-order valence-corrected chi connectivity index (χ0v) is 10.8. The van der Waals surface area contributed by atoms with Gasteiger partial charge in [0.25, 0.3) is 0 Å². The minimum absolute atomic E-state index is 0.183. The Morgan fingerprint density at radius 1 is 1.11 bits per heavy atom. The van der Waals surface area contributed by atoms with Crippen LogP contribution in [0.5, 0.6) is 0 Å². The fraction of sp³-hybridized carbons (Fsp3) is 0.571. The second-order valence-corrected chi connectivity index (χ2v) is 5.12. The second kappa shape index (κ2) is 5.92. The van der Waals surface area contributed by atoms with Crippen LogP contribution in [0.25, 0.3) is 0 Å². The maximum absolute atomic E-state index is 12.3. The number of alkyl halides is 3. The molecule has 1 aromatic carbocycles. The molecule has 1 heterocycles. The van der Waals surface area contributed by atoms with E-state index in [4.69, 9.17) is 0 Å². The Kier molecular flexibility index (Phi) is 4.47. The summed E-state index contributed by atoms with van der Waals surface area (Å²) in [5, 5.41) is 5.85. The van der Waals surface area contributed by atoms with Crippen LogP contribution in [0.15, 0.2) is 30.3 Å². The summed E-state index contributed by atoms with van der Waals surface area (Å²) in [4.78, 5) is 0. The van der Waals surface area contributed by atoms with E-state index in [1.165, 1.54) is 0 Å². The Labute approximate surface area is 111 Å². The molecule has 1 aliphatic heterocycles. The third-order valence-corrected chi connectivity index (χ3v) is 3.74. The summed E-state index contributed by atoms with van der Waals surface area (Å²) in [6.07, 6.45) is -2.42. The van der Waals surface area contributed by atoms with Gasteiger partial charge in [0.15, 0.2) is 0 Å². The molecule has 19 heavy (non-hydrogen) atoms. The number of hydrogen-bond donors (Lipinski definition) is 2. The highest BCUT2D eigenvalue weighted by atomic mass is 19.4. The highest BCUT2D eigenvalue weighted by Crippen LogP contribution is 2.32. The zero-order valence-electron chi connectivity index (χ0n) is 10.8. The molecule has 0 atom stereocenters. The molecule has 0 unspecified atom stereocenters. The molecule has 2 nitrogen and oxygen atoms in total. The van der Waals surface area contributed by atoms with Crippen molar-refractivity contribution < 1.29 is 13.2 Å². The first-order valence-corrected chi connectivity index (χ1v) is 6.56. The van der Waals surface area contributed by atoms with Gasteiger partial charge in [0.2, 0.25) is 0 Å². The second-order valence-electron chi connectivity index (χ2n) is 5.12. The standard InChI is InChI=1S/C14H19F3N2/c15-14(16,17)11-19-10-13(6-8-18-9-7-13)12-4-2-1-3-5-12/h1-5,18-19H,6-11H2. The van der Waals surface area contributed by atoms with Crippen LogP contribution in [-0.2, 0) is 5.41 Å². The molecule has 0 radical (unpaired) electrons. The molecular weight excluding hydrogens is 253 g/mol. The molecule has 0 aromatic heterocycles. The SMILES string of the molecule is FC(F)(F)CNCC1(c2ccccc2)CCNCC1. The first-order chi connectivity index (χ1) is 9.02. The van der Waals surface area contributed by atoms with Crippen LogP contribution >= 0.6 is 0 Å². The predicted octanol–water partition coefficient (Wildman–Crippen LogP) is 2.46. The van der Waals surface area contributed by atoms with Gasteiger partial charge >= 0.3 is 6.18 Å². The summed E-state index contributed by atoms with van der Waals surface area (Å²) >= 11 is 0. The molecule has 0 saturated carbocycles. The molecule has 0 bridgehead atoms. The van der Waals surface area contributed by atoms with E-state index in [2.05, 4.69) is 10.6 Å². The van der Waals surface area contributed by atoms with Crippen LogP contribution < -0.4 is 10.6 Å². The molecule has 2 rings (SSSR count). The van der Waals surface area contributed by atoms with Gasteiger partial charge in [0, 0.05) is 12.0 Å². The van der Waals surface area contributed by atoms with Crippen molar-refractivity contribution in [3.63, 3.8) is 0 Å². The van der Waals surface area contributed by atoms with E-state index >= 15 is 0 Å². The van der Waals surface area contributed by atoms with Crippen LogP contribution in [-0.4, -0.2) is 32.4 Å². The molecule has 2 N–H and O–H groups in total. The molecule has 1 aliphatic rings. The van der Waals surface area contributed by atoms with Crippen molar-refractivity contribution in [2.75, 3.05) is 26.2 Å². The first kappa shape index (κ1) is 14.3. The van der Waals surface area contributed by atoms with Gasteiger partial charge in [-0.15, -0.1) is 0 Å². The minimum Gasteiger partial charge on any atom is -0.317 e. The molecule has 106 valence electrons. The van der Waals surface area contributed by atoms with E-state index < -0.39 is 12.7 Å². The lowest BCUT2D eigenvalue weighted by molar-refractivity contribution is -0.125. The first-order valence-electron chi connectivity index (χ1n) is 6.56. The highest BCUT2D eigenvalue weighted by Gasteiger charge is 2.35. The largest absolute Gasteiger partial charge is 0.401 e. The molecule has 5 heteroatoms. The minimum atomic E-state index is -4.15. The van der Waals surface area contributed by atoms with Gasteiger partial charge in [-0.25, -0.2) is 0 Å². The van der Waals surface area contributed by atoms with Gasteiger partial charge < -0.3 is 10.6 Å². The molecular formula is C14H19F3N2. The topological polar surface area (TPSA) is 24.1 Å². The normalized spacial score (nSPS) is 19.3. The number of piperidine rings is 1. The van der Waals surface area contributed by atoms with E-state index in [0.717, 1.165) is 31.5 Å². The van der Waals surface area contributed by atoms with Crippen molar-refractivity contribution >= 4 is 0 Å². The quantitative estimate of drug-likeness (QED) is 0.880. The van der Waals surface area contributed by atoms with Gasteiger partial charge in [0.05, 0.1) is 6.54 Å². The lowest BCUT2D eigenvalue weighted by atomic mass is 9.73. The number of nitrogens with one attached hydrogen (secondary N) is 2. The van der Waals surface area contributed by atoms with Gasteiger partial charge in [0.1, 0.15) is 0 Å². The summed E-state index contributed by atoms with van der Waals surface area (Å²) in [5.74, 6) is 0. The Morgan fingerprint density at radius 3 is 2.32 bits per heavy atom. The number of rotatable bonds is 4. The zero-order chi connectivity index (χ0) is 13.8. The smallest absolute Gasteiger partial charge is 0.317 e. The van der Waals surface area contributed by atoms with Gasteiger partial charge in [-0.3, -0.25) is 0 Å². The Balaban J connectivity index is 2.07. The number of hydrogen-bond acceptors (Lipinski definition) is 2. The molecule has 1 aromatic rings. The third-order valence-electron chi connectivity index (χ3n) is 3.74. The summed E-state index contributed by atoms with van der Waals surface area (Å²) in [7, 11) is 0. The van der Waals surface area contributed by atoms with Crippen LogP contribution in [0.3, 0.4) is 0 Å². The van der Waals surface area contributed by atoms with Crippen molar-refractivity contribution in [3.8, 4) is 0 Å². The Bertz CT molecular complexity index is 383. The maximum Gasteiger partial charge on any atom is 0.401 e. The predicted molar refractivity (Wildman–Crippen MR) is 69.1 cm³/mol. The van der Waals surface area contributed by atoms with E-state index in [1.807, 2.05) is 30.3 Å². The Morgan fingerprint density at radius 2 is 1.74 bits per heavy atom. The van der Waals surface area contributed by atoms with Crippen LogP contribution in [0, 0.1) is 0 Å². The van der Waals surface area contributed by atoms with E-state index in [9.17, 15) is 13.2 Å². The summed E-state index contributed by atoms with van der Waals surface area (Å²) in [6, 6.07) is 9.86. The summed E-state index contributed by atoms with van der Waals surface area (Å²) in [5.41, 5.74) is 0.948. The molecule has 1 saturated heterocycles. The van der Waals surface area contributed by atoms with Gasteiger partial charge in [-0.1, -0.05) is 30.3 Å². The van der Waals surface area contributed by atoms with Gasteiger partial charge in [-0.2, -0.15) is 13.2 Å². The monoisotopic (exact) mass is 272 g/mol. The Hall–Kier alpha value is -1.07. The number of benzene rings is 1. The lowest BCUT2D eigenvalue weighted by Crippen LogP contribution is -2.47. The summed E-state index contributed by atoms with van der Waals surface area (Å²) in [6.45, 7) is 1.15. The summed E-state index contributed by atoms with van der Waals surface area (Å²) < 4.78 is 36.8. The molecule has 1 fully saturated rings. The average Bonchev–Trinajstić information content (AvgIpc) is 2.39. The molecule has 0 spiro atoms. The van der Waals surface area contributed by atoms with E-state index in [-0.39, 0.29) is 5.41 Å². The fourth-order valence-electron chi connectivity index (χ4n) is 2.71.